The zero-order valence-corrected chi connectivity index (χ0v) is 16.1. The van der Waals surface area contributed by atoms with Crippen LogP contribution in [0.1, 0.15) is 5.56 Å². The zero-order chi connectivity index (χ0) is 20.3. The van der Waals surface area contributed by atoms with Crippen molar-refractivity contribution >= 4 is 34.9 Å². The summed E-state index contributed by atoms with van der Waals surface area (Å²) in [6, 6.07) is 7.54. The largest absolute Gasteiger partial charge is 0.484 e. The molecule has 1 aliphatic heterocycles. The third-order valence-electron chi connectivity index (χ3n) is 4.26. The average Bonchev–Trinajstić information content (AvgIpc) is 2.67. The van der Waals surface area contributed by atoms with Gasteiger partial charge in [-0.2, -0.15) is 13.2 Å². The van der Waals surface area contributed by atoms with Crippen LogP contribution in [0.15, 0.2) is 36.5 Å². The van der Waals surface area contributed by atoms with Crippen LogP contribution in [0.5, 0.6) is 5.75 Å². The molecule has 1 amide bonds. The Kier molecular flexibility index (Phi) is 6.20. The molecule has 1 aromatic heterocycles. The lowest BCUT2D eigenvalue weighted by Crippen LogP contribution is -2.50. The number of nitrogens with zero attached hydrogens (tertiary/aromatic N) is 3. The van der Waals surface area contributed by atoms with E-state index in [0.29, 0.717) is 37.0 Å². The third-order valence-corrected chi connectivity index (χ3v) is 4.79. The van der Waals surface area contributed by atoms with Crippen LogP contribution in [0.4, 0.5) is 19.0 Å². The van der Waals surface area contributed by atoms with Crippen molar-refractivity contribution in [1.82, 2.24) is 9.88 Å². The van der Waals surface area contributed by atoms with Gasteiger partial charge in [-0.05, 0) is 30.3 Å². The van der Waals surface area contributed by atoms with Crippen molar-refractivity contribution < 1.29 is 22.7 Å². The predicted octanol–water partition coefficient (Wildman–Crippen LogP) is 4.13. The fraction of sp³-hybridized carbons (Fsp3) is 0.333. The van der Waals surface area contributed by atoms with Gasteiger partial charge in [0, 0.05) is 37.4 Å². The highest BCUT2D eigenvalue weighted by Crippen LogP contribution is 2.33. The molecule has 0 bridgehead atoms. The van der Waals surface area contributed by atoms with Gasteiger partial charge in [-0.3, -0.25) is 4.79 Å². The molecule has 1 aromatic carbocycles. The lowest BCUT2D eigenvalue weighted by molar-refractivity contribution is -0.138. The molecule has 5 nitrogen and oxygen atoms in total. The number of anilines is 1. The number of rotatable bonds is 4. The normalized spacial score (nSPS) is 14.9. The molecule has 28 heavy (non-hydrogen) atoms. The third kappa shape index (κ3) is 4.99. The van der Waals surface area contributed by atoms with Gasteiger partial charge in [0.2, 0.25) is 0 Å². The molecule has 1 aliphatic rings. The Morgan fingerprint density at radius 3 is 2.32 bits per heavy atom. The molecular weight excluding hydrogens is 418 g/mol. The van der Waals surface area contributed by atoms with Crippen molar-refractivity contribution in [3.63, 3.8) is 0 Å². The number of alkyl halides is 3. The van der Waals surface area contributed by atoms with E-state index >= 15 is 0 Å². The summed E-state index contributed by atoms with van der Waals surface area (Å²) < 4.78 is 43.6. The summed E-state index contributed by atoms with van der Waals surface area (Å²) in [6.45, 7) is 1.49. The molecule has 0 spiro atoms. The number of piperazine rings is 1. The number of ether oxygens (including phenoxy) is 1. The molecule has 2 heterocycles. The summed E-state index contributed by atoms with van der Waals surface area (Å²) in [5.41, 5.74) is -0.894. The fourth-order valence-corrected chi connectivity index (χ4v) is 3.17. The van der Waals surface area contributed by atoms with E-state index < -0.39 is 11.7 Å². The molecule has 150 valence electrons. The Bertz CT molecular complexity index is 839. The highest BCUT2D eigenvalue weighted by Gasteiger charge is 2.32. The number of amides is 1. The lowest BCUT2D eigenvalue weighted by atomic mass is 10.2. The summed E-state index contributed by atoms with van der Waals surface area (Å²) in [6.07, 6.45) is -3.73. The van der Waals surface area contributed by atoms with Crippen LogP contribution in [0.25, 0.3) is 0 Å². The van der Waals surface area contributed by atoms with Crippen molar-refractivity contribution in [3.05, 3.63) is 52.1 Å². The van der Waals surface area contributed by atoms with E-state index in [1.165, 1.54) is 0 Å². The quantitative estimate of drug-likeness (QED) is 0.726. The monoisotopic (exact) mass is 433 g/mol. The molecule has 0 N–H and O–H groups in total. The Balaban J connectivity index is 1.54. The summed E-state index contributed by atoms with van der Waals surface area (Å²) in [7, 11) is 0. The van der Waals surface area contributed by atoms with Gasteiger partial charge in [0.25, 0.3) is 5.91 Å². The van der Waals surface area contributed by atoms with Crippen molar-refractivity contribution in [1.29, 1.82) is 0 Å². The Morgan fingerprint density at radius 2 is 1.75 bits per heavy atom. The standard InChI is InChI=1S/C18H16Cl2F3N3O2/c19-13-1-3-14(4-2-13)28-11-16(27)25-5-7-26(8-6-25)17-15(20)9-12(10-24-17)18(21,22)23/h1-4,9-10H,5-8,11H2. The zero-order valence-electron chi connectivity index (χ0n) is 14.5. The van der Waals surface area contributed by atoms with Crippen LogP contribution in [-0.2, 0) is 11.0 Å². The minimum absolute atomic E-state index is 0.0688. The number of carbonyl (C=O) groups is 1. The average molecular weight is 434 g/mol. The Labute approximate surface area is 169 Å². The van der Waals surface area contributed by atoms with Gasteiger partial charge in [0.05, 0.1) is 10.6 Å². The second kappa shape index (κ2) is 8.45. The lowest BCUT2D eigenvalue weighted by Gasteiger charge is -2.35. The van der Waals surface area contributed by atoms with E-state index in [2.05, 4.69) is 4.98 Å². The Morgan fingerprint density at radius 1 is 1.11 bits per heavy atom. The minimum Gasteiger partial charge on any atom is -0.484 e. The molecule has 0 atom stereocenters. The summed E-state index contributed by atoms with van der Waals surface area (Å²) >= 11 is 11.8. The molecule has 0 unspecified atom stereocenters. The molecule has 1 fully saturated rings. The van der Waals surface area contributed by atoms with Gasteiger partial charge < -0.3 is 14.5 Å². The first kappa shape index (κ1) is 20.5. The number of carbonyl (C=O) groups excluding carboxylic acids is 1. The number of hydrogen-bond acceptors (Lipinski definition) is 4. The highest BCUT2D eigenvalue weighted by atomic mass is 35.5. The molecule has 3 rings (SSSR count). The molecule has 10 heteroatoms. The summed E-state index contributed by atoms with van der Waals surface area (Å²) in [4.78, 5) is 19.5. The van der Waals surface area contributed by atoms with Gasteiger partial charge in [-0.1, -0.05) is 23.2 Å². The number of pyridine rings is 1. The first-order chi connectivity index (χ1) is 13.2. The predicted molar refractivity (Wildman–Crippen MR) is 100.0 cm³/mol. The van der Waals surface area contributed by atoms with Crippen molar-refractivity contribution in [2.75, 3.05) is 37.7 Å². The van der Waals surface area contributed by atoms with Gasteiger partial charge in [0.15, 0.2) is 6.61 Å². The molecule has 0 saturated carbocycles. The van der Waals surface area contributed by atoms with E-state index in [-0.39, 0.29) is 23.4 Å². The van der Waals surface area contributed by atoms with Crippen LogP contribution in [0.2, 0.25) is 10.0 Å². The first-order valence-corrected chi connectivity index (χ1v) is 9.13. The molecular formula is C18H16Cl2F3N3O2. The number of halogens is 5. The Hall–Kier alpha value is -2.19. The minimum atomic E-state index is -4.50. The summed E-state index contributed by atoms with van der Waals surface area (Å²) in [5.74, 6) is 0.636. The molecule has 0 aliphatic carbocycles. The summed E-state index contributed by atoms with van der Waals surface area (Å²) in [5, 5.41) is 0.506. The molecule has 1 saturated heterocycles. The van der Waals surface area contributed by atoms with Crippen molar-refractivity contribution in [3.8, 4) is 5.75 Å². The maximum atomic E-state index is 12.7. The molecule has 2 aromatic rings. The van der Waals surface area contributed by atoms with E-state index in [1.54, 1.807) is 34.1 Å². The van der Waals surface area contributed by atoms with Crippen LogP contribution in [0.3, 0.4) is 0 Å². The topological polar surface area (TPSA) is 45.7 Å². The SMILES string of the molecule is O=C(COc1ccc(Cl)cc1)N1CCN(c2ncc(C(F)(F)F)cc2Cl)CC1. The van der Waals surface area contributed by atoms with E-state index in [9.17, 15) is 18.0 Å². The van der Waals surface area contributed by atoms with Crippen LogP contribution < -0.4 is 9.64 Å². The van der Waals surface area contributed by atoms with E-state index in [4.69, 9.17) is 27.9 Å². The number of benzene rings is 1. The van der Waals surface area contributed by atoms with Gasteiger partial charge in [0.1, 0.15) is 11.6 Å². The second-order valence-corrected chi connectivity index (χ2v) is 6.98. The number of hydrogen-bond donors (Lipinski definition) is 0. The van der Waals surface area contributed by atoms with Crippen molar-refractivity contribution in [2.24, 2.45) is 0 Å². The van der Waals surface area contributed by atoms with E-state index in [1.807, 2.05) is 0 Å². The van der Waals surface area contributed by atoms with Gasteiger partial charge in [-0.15, -0.1) is 0 Å². The number of aromatic nitrogens is 1. The van der Waals surface area contributed by atoms with Gasteiger partial charge >= 0.3 is 6.18 Å². The van der Waals surface area contributed by atoms with Crippen LogP contribution in [0, 0.1) is 0 Å². The highest BCUT2D eigenvalue weighted by molar-refractivity contribution is 6.33. The maximum absolute atomic E-state index is 12.7. The van der Waals surface area contributed by atoms with Crippen LogP contribution >= 0.6 is 23.2 Å². The first-order valence-electron chi connectivity index (χ1n) is 8.38. The van der Waals surface area contributed by atoms with E-state index in [0.717, 1.165) is 12.3 Å². The van der Waals surface area contributed by atoms with Crippen LogP contribution in [-0.4, -0.2) is 48.6 Å². The van der Waals surface area contributed by atoms with Crippen molar-refractivity contribution in [2.45, 2.75) is 6.18 Å². The molecule has 0 radical (unpaired) electrons. The second-order valence-electron chi connectivity index (χ2n) is 6.14. The smallest absolute Gasteiger partial charge is 0.417 e. The maximum Gasteiger partial charge on any atom is 0.417 e. The fourth-order valence-electron chi connectivity index (χ4n) is 2.75. The van der Waals surface area contributed by atoms with Gasteiger partial charge in [-0.25, -0.2) is 4.98 Å².